The lowest BCUT2D eigenvalue weighted by Gasteiger charge is -2.18. The molecule has 0 saturated heterocycles. The van der Waals surface area contributed by atoms with Crippen molar-refractivity contribution in [2.24, 2.45) is 5.41 Å². The van der Waals surface area contributed by atoms with Crippen molar-refractivity contribution in [1.29, 1.82) is 0 Å². The minimum absolute atomic E-state index is 0.211. The van der Waals surface area contributed by atoms with E-state index in [9.17, 15) is 4.79 Å². The molecule has 1 heterocycles. The Labute approximate surface area is 105 Å². The SMILES string of the molecule is CC(C)(C)CCOc1cc2[nH]c(=O)oc2cc1N. The van der Waals surface area contributed by atoms with Crippen molar-refractivity contribution >= 4 is 16.8 Å². The Hall–Kier alpha value is -1.91. The van der Waals surface area contributed by atoms with E-state index in [1.165, 1.54) is 0 Å². The van der Waals surface area contributed by atoms with Crippen LogP contribution in [0.1, 0.15) is 27.2 Å². The van der Waals surface area contributed by atoms with Gasteiger partial charge in [0, 0.05) is 12.1 Å². The molecule has 0 atom stereocenters. The summed E-state index contributed by atoms with van der Waals surface area (Å²) in [4.78, 5) is 13.6. The Morgan fingerprint density at radius 2 is 2.11 bits per heavy atom. The average Bonchev–Trinajstić information content (AvgIpc) is 2.55. The molecule has 2 rings (SSSR count). The maximum atomic E-state index is 11.1. The molecule has 0 spiro atoms. The van der Waals surface area contributed by atoms with E-state index in [0.29, 0.717) is 29.1 Å². The number of benzene rings is 1. The van der Waals surface area contributed by atoms with Crippen LogP contribution >= 0.6 is 0 Å². The zero-order chi connectivity index (χ0) is 13.3. The molecular formula is C13H18N2O3. The Morgan fingerprint density at radius 1 is 1.39 bits per heavy atom. The van der Waals surface area contributed by atoms with Crippen molar-refractivity contribution in [2.75, 3.05) is 12.3 Å². The van der Waals surface area contributed by atoms with Crippen molar-refractivity contribution in [3.63, 3.8) is 0 Å². The Balaban J connectivity index is 2.17. The van der Waals surface area contributed by atoms with Gasteiger partial charge >= 0.3 is 5.76 Å². The van der Waals surface area contributed by atoms with Crippen LogP contribution in [0.25, 0.3) is 11.1 Å². The lowest BCUT2D eigenvalue weighted by atomic mass is 9.93. The van der Waals surface area contributed by atoms with Crippen LogP contribution in [0.15, 0.2) is 21.3 Å². The third-order valence-electron chi connectivity index (χ3n) is 2.66. The summed E-state index contributed by atoms with van der Waals surface area (Å²) >= 11 is 0. The predicted molar refractivity (Wildman–Crippen MR) is 70.8 cm³/mol. The van der Waals surface area contributed by atoms with Crippen molar-refractivity contribution in [2.45, 2.75) is 27.2 Å². The Morgan fingerprint density at radius 3 is 2.78 bits per heavy atom. The third kappa shape index (κ3) is 2.85. The summed E-state index contributed by atoms with van der Waals surface area (Å²) in [6, 6.07) is 3.29. The number of oxazole rings is 1. The molecule has 2 aromatic rings. The number of hydrogen-bond acceptors (Lipinski definition) is 4. The molecule has 1 aromatic heterocycles. The minimum atomic E-state index is -0.490. The molecule has 98 valence electrons. The van der Waals surface area contributed by atoms with E-state index in [0.717, 1.165) is 6.42 Å². The lowest BCUT2D eigenvalue weighted by molar-refractivity contribution is 0.244. The fraction of sp³-hybridized carbons (Fsp3) is 0.462. The number of anilines is 1. The first-order valence-electron chi connectivity index (χ1n) is 5.90. The second kappa shape index (κ2) is 4.40. The third-order valence-corrected chi connectivity index (χ3v) is 2.66. The molecular weight excluding hydrogens is 232 g/mol. The number of H-pyrrole nitrogens is 1. The number of fused-ring (bicyclic) bond motifs is 1. The first-order valence-corrected chi connectivity index (χ1v) is 5.90. The number of hydrogen-bond donors (Lipinski definition) is 2. The van der Waals surface area contributed by atoms with Crippen LogP contribution in [0.5, 0.6) is 5.75 Å². The molecule has 0 saturated carbocycles. The molecule has 5 nitrogen and oxygen atoms in total. The highest BCUT2D eigenvalue weighted by Gasteiger charge is 2.12. The van der Waals surface area contributed by atoms with Crippen LogP contribution in [0, 0.1) is 5.41 Å². The van der Waals surface area contributed by atoms with Gasteiger partial charge < -0.3 is 14.9 Å². The van der Waals surface area contributed by atoms with Gasteiger partial charge in [-0.15, -0.1) is 0 Å². The van der Waals surface area contributed by atoms with Gasteiger partial charge in [0.15, 0.2) is 5.58 Å². The number of nitrogens with two attached hydrogens (primary N) is 1. The van der Waals surface area contributed by atoms with Gasteiger partial charge in [-0.05, 0) is 11.8 Å². The van der Waals surface area contributed by atoms with Gasteiger partial charge in [0.1, 0.15) is 5.75 Å². The van der Waals surface area contributed by atoms with Crippen LogP contribution in [0.4, 0.5) is 5.69 Å². The van der Waals surface area contributed by atoms with Crippen molar-refractivity contribution in [1.82, 2.24) is 4.98 Å². The van der Waals surface area contributed by atoms with E-state index < -0.39 is 5.76 Å². The molecule has 18 heavy (non-hydrogen) atoms. The zero-order valence-corrected chi connectivity index (χ0v) is 10.9. The highest BCUT2D eigenvalue weighted by Crippen LogP contribution is 2.27. The summed E-state index contributed by atoms with van der Waals surface area (Å²) in [5.41, 5.74) is 7.57. The molecule has 1 aromatic carbocycles. The zero-order valence-electron chi connectivity index (χ0n) is 10.9. The lowest BCUT2D eigenvalue weighted by Crippen LogP contribution is -2.11. The first-order chi connectivity index (χ1) is 8.35. The second-order valence-electron chi connectivity index (χ2n) is 5.56. The number of rotatable bonds is 3. The van der Waals surface area contributed by atoms with Gasteiger partial charge in [-0.1, -0.05) is 20.8 Å². The molecule has 3 N–H and O–H groups in total. The second-order valence-corrected chi connectivity index (χ2v) is 5.56. The number of nitrogens with one attached hydrogen (secondary N) is 1. The molecule has 0 aliphatic rings. The molecule has 0 unspecified atom stereocenters. The largest absolute Gasteiger partial charge is 0.491 e. The maximum absolute atomic E-state index is 11.1. The molecule has 0 aliphatic heterocycles. The summed E-state index contributed by atoms with van der Waals surface area (Å²) in [5.74, 6) is 0.0834. The molecule has 0 amide bonds. The van der Waals surface area contributed by atoms with Crippen LogP contribution in [-0.4, -0.2) is 11.6 Å². The minimum Gasteiger partial charge on any atom is -0.491 e. The number of aromatic amines is 1. The van der Waals surface area contributed by atoms with Crippen LogP contribution in [0.2, 0.25) is 0 Å². The van der Waals surface area contributed by atoms with E-state index in [4.69, 9.17) is 14.9 Å². The average molecular weight is 250 g/mol. The number of aromatic nitrogens is 1. The summed E-state index contributed by atoms with van der Waals surface area (Å²) in [5, 5.41) is 0. The van der Waals surface area contributed by atoms with E-state index in [-0.39, 0.29) is 5.41 Å². The van der Waals surface area contributed by atoms with Gasteiger partial charge in [-0.2, -0.15) is 0 Å². The Bertz CT molecular complexity index is 605. The van der Waals surface area contributed by atoms with E-state index in [1.807, 2.05) is 0 Å². The monoisotopic (exact) mass is 250 g/mol. The van der Waals surface area contributed by atoms with Gasteiger partial charge in [0.2, 0.25) is 0 Å². The summed E-state index contributed by atoms with van der Waals surface area (Å²) in [6.45, 7) is 7.03. The van der Waals surface area contributed by atoms with Crippen LogP contribution in [-0.2, 0) is 0 Å². The van der Waals surface area contributed by atoms with Crippen molar-refractivity contribution in [3.05, 3.63) is 22.7 Å². The molecule has 0 bridgehead atoms. The standard InChI is InChI=1S/C13H18N2O3/c1-13(2,3)4-5-17-10-7-9-11(6-8(10)14)18-12(16)15-9/h6-7H,4-5,14H2,1-3H3,(H,15,16). The van der Waals surface area contributed by atoms with E-state index >= 15 is 0 Å². The van der Waals surface area contributed by atoms with Crippen molar-refractivity contribution < 1.29 is 9.15 Å². The summed E-state index contributed by atoms with van der Waals surface area (Å²) < 4.78 is 10.6. The topological polar surface area (TPSA) is 81.2 Å². The number of nitrogen functional groups attached to an aromatic ring is 1. The highest BCUT2D eigenvalue weighted by molar-refractivity contribution is 5.80. The molecule has 0 radical (unpaired) electrons. The molecule has 0 fully saturated rings. The van der Waals surface area contributed by atoms with Gasteiger partial charge in [-0.25, -0.2) is 4.79 Å². The molecule has 5 heteroatoms. The van der Waals surface area contributed by atoms with Gasteiger partial charge in [0.05, 0.1) is 17.8 Å². The predicted octanol–water partition coefficient (Wildman–Crippen LogP) is 2.52. The van der Waals surface area contributed by atoms with Crippen molar-refractivity contribution in [3.8, 4) is 5.75 Å². The number of ether oxygens (including phenoxy) is 1. The smallest absolute Gasteiger partial charge is 0.417 e. The van der Waals surface area contributed by atoms with E-state index in [1.54, 1.807) is 12.1 Å². The van der Waals surface area contributed by atoms with Crippen LogP contribution < -0.4 is 16.2 Å². The fourth-order valence-corrected chi connectivity index (χ4v) is 1.59. The Kier molecular flexibility index (Phi) is 3.07. The van der Waals surface area contributed by atoms with E-state index in [2.05, 4.69) is 25.8 Å². The quantitative estimate of drug-likeness (QED) is 0.820. The first kappa shape index (κ1) is 12.5. The van der Waals surface area contributed by atoms with Gasteiger partial charge in [-0.3, -0.25) is 4.98 Å². The van der Waals surface area contributed by atoms with Gasteiger partial charge in [0.25, 0.3) is 0 Å². The van der Waals surface area contributed by atoms with Crippen LogP contribution in [0.3, 0.4) is 0 Å². The summed E-state index contributed by atoms with van der Waals surface area (Å²) in [6.07, 6.45) is 0.923. The highest BCUT2D eigenvalue weighted by atomic mass is 16.5. The summed E-state index contributed by atoms with van der Waals surface area (Å²) in [7, 11) is 0. The molecule has 0 aliphatic carbocycles. The fourth-order valence-electron chi connectivity index (χ4n) is 1.59. The maximum Gasteiger partial charge on any atom is 0.417 e. The normalized spacial score (nSPS) is 11.9.